The lowest BCUT2D eigenvalue weighted by atomic mass is 10.0. The maximum absolute atomic E-state index is 14.3. The molecule has 0 aliphatic rings. The number of hydrogen-bond donors (Lipinski definition) is 2. The number of ether oxygens (including phenoxy) is 1. The highest BCUT2D eigenvalue weighted by Gasteiger charge is 2.51. The summed E-state index contributed by atoms with van der Waals surface area (Å²) in [5, 5.41) is 15.9. The van der Waals surface area contributed by atoms with E-state index in [-0.39, 0.29) is 18.0 Å². The van der Waals surface area contributed by atoms with Crippen LogP contribution in [0.2, 0.25) is 5.04 Å². The third kappa shape index (κ3) is 8.00. The van der Waals surface area contributed by atoms with Crippen molar-refractivity contribution < 1.29 is 23.5 Å². The SMILES string of the molecule is CC(C)(C)OC(=O)NCC(CC(O)c1ccc(Br)c(F)c1)O[Si](c1ccccc1)(c1ccccc1)C(C)(C)C. The maximum Gasteiger partial charge on any atom is 0.407 e. The number of aliphatic hydroxyl groups is 1. The number of aliphatic hydroxyl groups excluding tert-OH is 1. The summed E-state index contributed by atoms with van der Waals surface area (Å²) < 4.78 is 27.3. The Bertz CT molecular complexity index is 1190. The molecule has 2 atom stereocenters. The van der Waals surface area contributed by atoms with Gasteiger partial charge in [0.15, 0.2) is 0 Å². The van der Waals surface area contributed by atoms with Gasteiger partial charge in [0.1, 0.15) is 11.4 Å². The van der Waals surface area contributed by atoms with E-state index in [1.807, 2.05) is 36.4 Å². The van der Waals surface area contributed by atoms with Crippen LogP contribution in [0.1, 0.15) is 59.6 Å². The van der Waals surface area contributed by atoms with E-state index in [2.05, 4.69) is 66.3 Å². The number of carbonyl (C=O) groups excluding carboxylic acids is 1. The van der Waals surface area contributed by atoms with Gasteiger partial charge in [0, 0.05) is 13.0 Å². The largest absolute Gasteiger partial charge is 0.444 e. The van der Waals surface area contributed by atoms with E-state index in [1.54, 1.807) is 32.9 Å². The van der Waals surface area contributed by atoms with Crippen molar-refractivity contribution in [2.45, 2.75) is 70.8 Å². The van der Waals surface area contributed by atoms with Gasteiger partial charge >= 0.3 is 6.09 Å². The first-order chi connectivity index (χ1) is 18.2. The van der Waals surface area contributed by atoms with Crippen LogP contribution in [0, 0.1) is 5.82 Å². The average Bonchev–Trinajstić information content (AvgIpc) is 2.86. The topological polar surface area (TPSA) is 67.8 Å². The fraction of sp³-hybridized carbons (Fsp3) is 0.387. The Kier molecular flexibility index (Phi) is 10.1. The Labute approximate surface area is 241 Å². The smallest absolute Gasteiger partial charge is 0.407 e. The fourth-order valence-corrected chi connectivity index (χ4v) is 9.67. The van der Waals surface area contributed by atoms with Crippen LogP contribution in [-0.2, 0) is 9.16 Å². The Balaban J connectivity index is 2.05. The number of alkyl carbamates (subject to hydrolysis) is 1. The summed E-state index contributed by atoms with van der Waals surface area (Å²) in [7, 11) is -3.00. The van der Waals surface area contributed by atoms with E-state index < -0.39 is 38.0 Å². The van der Waals surface area contributed by atoms with Crippen molar-refractivity contribution in [2.24, 2.45) is 0 Å². The molecule has 0 heterocycles. The van der Waals surface area contributed by atoms with Crippen LogP contribution in [0.25, 0.3) is 0 Å². The second-order valence-corrected chi connectivity index (χ2v) is 16.8. The molecule has 0 saturated heterocycles. The summed E-state index contributed by atoms with van der Waals surface area (Å²) in [5.74, 6) is -0.456. The van der Waals surface area contributed by atoms with Crippen molar-refractivity contribution in [2.75, 3.05) is 6.54 Å². The van der Waals surface area contributed by atoms with Gasteiger partial charge < -0.3 is 19.6 Å². The number of rotatable bonds is 9. The van der Waals surface area contributed by atoms with Gasteiger partial charge in [0.05, 0.1) is 16.7 Å². The molecule has 0 aromatic heterocycles. The Morgan fingerprint density at radius 2 is 1.49 bits per heavy atom. The minimum Gasteiger partial charge on any atom is -0.444 e. The Morgan fingerprint density at radius 3 is 1.95 bits per heavy atom. The third-order valence-electron chi connectivity index (χ3n) is 6.45. The zero-order valence-corrected chi connectivity index (χ0v) is 26.1. The highest BCUT2D eigenvalue weighted by Crippen LogP contribution is 2.38. The first-order valence-corrected chi connectivity index (χ1v) is 15.8. The predicted octanol–water partition coefficient (Wildman–Crippen LogP) is 6.48. The molecule has 0 aliphatic heterocycles. The zero-order valence-electron chi connectivity index (χ0n) is 23.5. The van der Waals surface area contributed by atoms with Gasteiger partial charge in [-0.2, -0.15) is 0 Å². The molecule has 0 fully saturated rings. The number of nitrogens with one attached hydrogen (secondary N) is 1. The third-order valence-corrected chi connectivity index (χ3v) is 12.2. The van der Waals surface area contributed by atoms with Gasteiger partial charge in [-0.3, -0.25) is 0 Å². The van der Waals surface area contributed by atoms with E-state index in [4.69, 9.17) is 9.16 Å². The molecule has 3 aromatic rings. The molecule has 210 valence electrons. The van der Waals surface area contributed by atoms with Crippen molar-refractivity contribution in [1.82, 2.24) is 5.32 Å². The molecule has 0 radical (unpaired) electrons. The predicted molar refractivity (Wildman–Crippen MR) is 160 cm³/mol. The monoisotopic (exact) mass is 615 g/mol. The zero-order chi connectivity index (χ0) is 28.8. The maximum atomic E-state index is 14.3. The standard InChI is InChI=1S/C31H39BrFNO4Si/c1-30(2,3)37-29(36)34-21-23(20-28(35)22-17-18-26(32)27(33)19-22)38-39(31(4,5)6,24-13-9-7-10-14-24)25-15-11-8-12-16-25/h7-19,23,28,35H,20-21H2,1-6H3,(H,34,36). The van der Waals surface area contributed by atoms with E-state index in [0.717, 1.165) is 10.4 Å². The van der Waals surface area contributed by atoms with E-state index >= 15 is 0 Å². The lowest BCUT2D eigenvalue weighted by Gasteiger charge is -2.45. The van der Waals surface area contributed by atoms with Crippen molar-refractivity contribution in [3.05, 3.63) is 94.7 Å². The number of benzene rings is 3. The molecular formula is C31H39BrFNO4Si. The van der Waals surface area contributed by atoms with Crippen LogP contribution in [0.4, 0.5) is 9.18 Å². The lowest BCUT2D eigenvalue weighted by molar-refractivity contribution is 0.0458. The van der Waals surface area contributed by atoms with Gasteiger partial charge in [-0.1, -0.05) is 87.5 Å². The summed E-state index contributed by atoms with van der Waals surface area (Å²) in [5.41, 5.74) is -0.226. The molecule has 2 unspecified atom stereocenters. The van der Waals surface area contributed by atoms with Gasteiger partial charge in [-0.15, -0.1) is 0 Å². The molecular weight excluding hydrogens is 577 g/mol. The molecule has 3 rings (SSSR count). The van der Waals surface area contributed by atoms with E-state index in [9.17, 15) is 14.3 Å². The van der Waals surface area contributed by atoms with Crippen molar-refractivity contribution in [3.63, 3.8) is 0 Å². The second kappa shape index (κ2) is 12.8. The molecule has 2 N–H and O–H groups in total. The van der Waals surface area contributed by atoms with Crippen LogP contribution in [0.3, 0.4) is 0 Å². The van der Waals surface area contributed by atoms with Gasteiger partial charge in [0.25, 0.3) is 8.32 Å². The highest BCUT2D eigenvalue weighted by molar-refractivity contribution is 9.10. The summed E-state index contributed by atoms with van der Waals surface area (Å²) in [6.45, 7) is 12.0. The molecule has 0 saturated carbocycles. The van der Waals surface area contributed by atoms with Crippen molar-refractivity contribution in [1.29, 1.82) is 0 Å². The molecule has 8 heteroatoms. The molecule has 1 amide bonds. The van der Waals surface area contributed by atoms with E-state index in [0.29, 0.717) is 10.0 Å². The molecule has 0 bridgehead atoms. The summed E-state index contributed by atoms with van der Waals surface area (Å²) in [6.07, 6.45) is -2.05. The second-order valence-electron chi connectivity index (χ2n) is 11.7. The summed E-state index contributed by atoms with van der Waals surface area (Å²) in [4.78, 5) is 12.6. The number of amides is 1. The Morgan fingerprint density at radius 1 is 0.949 bits per heavy atom. The quantitative estimate of drug-likeness (QED) is 0.270. The number of halogens is 2. The molecule has 0 aliphatic carbocycles. The summed E-state index contributed by atoms with van der Waals surface area (Å²) >= 11 is 3.17. The molecule has 5 nitrogen and oxygen atoms in total. The first kappa shape index (κ1) is 31.0. The van der Waals surface area contributed by atoms with Gasteiger partial charge in [-0.25, -0.2) is 9.18 Å². The fourth-order valence-electron chi connectivity index (χ4n) is 4.73. The molecule has 0 spiro atoms. The minimum absolute atomic E-state index is 0.107. The normalized spacial score (nSPS) is 14.0. The van der Waals surface area contributed by atoms with Crippen molar-refractivity contribution >= 4 is 40.7 Å². The summed E-state index contributed by atoms with van der Waals surface area (Å²) in [6, 6.07) is 24.9. The highest BCUT2D eigenvalue weighted by atomic mass is 79.9. The van der Waals surface area contributed by atoms with E-state index in [1.165, 1.54) is 6.07 Å². The van der Waals surface area contributed by atoms with Crippen LogP contribution < -0.4 is 15.7 Å². The molecule has 3 aromatic carbocycles. The average molecular weight is 617 g/mol. The number of carbonyl (C=O) groups is 1. The van der Waals surface area contributed by atoms with Gasteiger partial charge in [0.2, 0.25) is 0 Å². The minimum atomic E-state index is -3.00. The lowest BCUT2D eigenvalue weighted by Crippen LogP contribution is -2.68. The van der Waals surface area contributed by atoms with Crippen LogP contribution in [-0.4, -0.2) is 37.8 Å². The van der Waals surface area contributed by atoms with Crippen LogP contribution in [0.5, 0.6) is 0 Å². The molecule has 39 heavy (non-hydrogen) atoms. The number of hydrogen-bond acceptors (Lipinski definition) is 4. The van der Waals surface area contributed by atoms with Crippen LogP contribution in [0.15, 0.2) is 83.3 Å². The van der Waals surface area contributed by atoms with Crippen LogP contribution >= 0.6 is 15.9 Å². The van der Waals surface area contributed by atoms with Gasteiger partial charge in [-0.05, 0) is 69.8 Å². The van der Waals surface area contributed by atoms with Crippen molar-refractivity contribution in [3.8, 4) is 0 Å². The first-order valence-electron chi connectivity index (χ1n) is 13.1. The Hall–Kier alpha value is -2.52.